The van der Waals surface area contributed by atoms with Crippen molar-refractivity contribution in [2.24, 2.45) is 0 Å². The molecule has 9 heavy (non-hydrogen) atoms. The molecule has 3 heteroatoms. The fourth-order valence-electron chi connectivity index (χ4n) is 0.752. The van der Waals surface area contributed by atoms with Gasteiger partial charge in [0.25, 0.3) is 0 Å². The quantitative estimate of drug-likeness (QED) is 0.458. The standard InChI is InChI=1S/C6H12NOS/c1-7(2)3-4-9-5-6(7)8/h3-5H2,1-2H3/q+1. The molecule has 0 N–H and O–H groups in total. The molecule has 0 aromatic rings. The molecule has 1 amide bonds. The number of carbonyl (C=O) groups excluding carboxylic acids is 1. The largest absolute Gasteiger partial charge is 0.323 e. The summed E-state index contributed by atoms with van der Waals surface area (Å²) in [5.41, 5.74) is 0. The lowest BCUT2D eigenvalue weighted by molar-refractivity contribution is -0.810. The minimum atomic E-state index is 0.353. The Hall–Kier alpha value is -0.0200. The molecule has 52 valence electrons. The SMILES string of the molecule is C[N+]1(C)CCSCC1=O. The fraction of sp³-hybridized carbons (Fsp3) is 0.833. The van der Waals surface area contributed by atoms with E-state index in [0.717, 1.165) is 12.3 Å². The van der Waals surface area contributed by atoms with Gasteiger partial charge < -0.3 is 0 Å². The zero-order valence-corrected chi connectivity index (χ0v) is 6.70. The number of hydrogen-bond acceptors (Lipinski definition) is 2. The third-order valence-corrected chi connectivity index (χ3v) is 2.62. The van der Waals surface area contributed by atoms with Gasteiger partial charge in [0.1, 0.15) is 5.75 Å². The number of carbonyl (C=O) groups is 1. The summed E-state index contributed by atoms with van der Waals surface area (Å²) < 4.78 is 0.576. The van der Waals surface area contributed by atoms with Crippen LogP contribution in [0.2, 0.25) is 0 Å². The van der Waals surface area contributed by atoms with Crippen LogP contribution in [-0.2, 0) is 4.79 Å². The third-order valence-electron chi connectivity index (χ3n) is 1.70. The van der Waals surface area contributed by atoms with E-state index in [2.05, 4.69) is 0 Å². The lowest BCUT2D eigenvalue weighted by Crippen LogP contribution is -2.50. The first-order valence-corrected chi connectivity index (χ1v) is 4.22. The van der Waals surface area contributed by atoms with Gasteiger partial charge in [0.2, 0.25) is 0 Å². The van der Waals surface area contributed by atoms with E-state index in [-0.39, 0.29) is 0 Å². The Morgan fingerprint density at radius 2 is 2.22 bits per heavy atom. The topological polar surface area (TPSA) is 17.1 Å². The summed E-state index contributed by atoms with van der Waals surface area (Å²) in [6, 6.07) is 0. The van der Waals surface area contributed by atoms with Crippen molar-refractivity contribution in [1.29, 1.82) is 0 Å². The van der Waals surface area contributed by atoms with E-state index in [4.69, 9.17) is 0 Å². The van der Waals surface area contributed by atoms with E-state index >= 15 is 0 Å². The second-order valence-corrected chi connectivity index (χ2v) is 3.96. The fourth-order valence-corrected chi connectivity index (χ4v) is 2.01. The van der Waals surface area contributed by atoms with Crippen molar-refractivity contribution in [3.05, 3.63) is 0 Å². The minimum Gasteiger partial charge on any atom is -0.264 e. The number of amides is 1. The average molecular weight is 146 g/mol. The molecular weight excluding hydrogens is 134 g/mol. The van der Waals surface area contributed by atoms with E-state index in [9.17, 15) is 4.79 Å². The Labute approximate surface area is 59.8 Å². The van der Waals surface area contributed by atoms with Gasteiger partial charge in [-0.05, 0) is 0 Å². The molecule has 1 saturated heterocycles. The maximum absolute atomic E-state index is 11.1. The Balaban J connectivity index is 2.60. The van der Waals surface area contributed by atoms with Gasteiger partial charge in [-0.15, -0.1) is 11.8 Å². The molecule has 0 aromatic heterocycles. The maximum atomic E-state index is 11.1. The first kappa shape index (κ1) is 7.09. The van der Waals surface area contributed by atoms with Crippen LogP contribution in [0.3, 0.4) is 0 Å². The zero-order valence-electron chi connectivity index (χ0n) is 5.89. The van der Waals surface area contributed by atoms with Gasteiger partial charge in [0.05, 0.1) is 20.6 Å². The molecule has 1 aliphatic heterocycles. The van der Waals surface area contributed by atoms with Gasteiger partial charge >= 0.3 is 5.91 Å². The lowest BCUT2D eigenvalue weighted by atomic mass is 10.4. The van der Waals surface area contributed by atoms with Crippen molar-refractivity contribution >= 4 is 17.7 Å². The van der Waals surface area contributed by atoms with Crippen LogP contribution in [0.25, 0.3) is 0 Å². The highest BCUT2D eigenvalue weighted by molar-refractivity contribution is 8.00. The molecule has 0 aliphatic carbocycles. The Morgan fingerprint density at radius 1 is 1.56 bits per heavy atom. The van der Waals surface area contributed by atoms with E-state index in [1.165, 1.54) is 0 Å². The van der Waals surface area contributed by atoms with Crippen molar-refractivity contribution in [2.75, 3.05) is 32.1 Å². The van der Waals surface area contributed by atoms with Crippen LogP contribution in [-0.4, -0.2) is 42.5 Å². The third kappa shape index (κ3) is 1.46. The minimum absolute atomic E-state index is 0.353. The summed E-state index contributed by atoms with van der Waals surface area (Å²) >= 11 is 1.74. The Kier molecular flexibility index (Phi) is 1.82. The summed E-state index contributed by atoms with van der Waals surface area (Å²) in [5.74, 6) is 2.18. The second kappa shape index (κ2) is 2.31. The molecule has 0 unspecified atom stereocenters. The molecule has 1 aliphatic rings. The van der Waals surface area contributed by atoms with Crippen LogP contribution < -0.4 is 0 Å². The molecule has 0 atom stereocenters. The van der Waals surface area contributed by atoms with Crippen molar-refractivity contribution < 1.29 is 9.28 Å². The molecule has 1 rings (SSSR count). The Bertz CT molecular complexity index is 133. The van der Waals surface area contributed by atoms with Crippen LogP contribution in [0.15, 0.2) is 0 Å². The highest BCUT2D eigenvalue weighted by Gasteiger charge is 2.29. The summed E-state index contributed by atoms with van der Waals surface area (Å²) in [5, 5.41) is 0. The van der Waals surface area contributed by atoms with Crippen LogP contribution >= 0.6 is 11.8 Å². The number of hydrogen-bond donors (Lipinski definition) is 0. The normalized spacial score (nSPS) is 26.2. The predicted octanol–water partition coefficient (Wildman–Crippen LogP) is 0.336. The monoisotopic (exact) mass is 146 g/mol. The molecule has 1 fully saturated rings. The van der Waals surface area contributed by atoms with E-state index in [0.29, 0.717) is 16.1 Å². The smallest absolute Gasteiger partial charge is 0.264 e. The van der Waals surface area contributed by atoms with Gasteiger partial charge in [0.15, 0.2) is 0 Å². The van der Waals surface area contributed by atoms with Crippen LogP contribution in [0, 0.1) is 0 Å². The van der Waals surface area contributed by atoms with Gasteiger partial charge in [0, 0.05) is 5.75 Å². The Morgan fingerprint density at radius 3 is 2.56 bits per heavy atom. The first-order chi connectivity index (χ1) is 4.13. The predicted molar refractivity (Wildman–Crippen MR) is 39.3 cm³/mol. The highest BCUT2D eigenvalue weighted by Crippen LogP contribution is 2.13. The summed E-state index contributed by atoms with van der Waals surface area (Å²) in [7, 11) is 3.95. The van der Waals surface area contributed by atoms with Crippen molar-refractivity contribution in [3.8, 4) is 0 Å². The lowest BCUT2D eigenvalue weighted by Gasteiger charge is -2.29. The molecular formula is C6H12NOS+. The summed E-state index contributed by atoms with van der Waals surface area (Å²) in [6.07, 6.45) is 0. The molecule has 0 saturated carbocycles. The van der Waals surface area contributed by atoms with E-state index in [1.54, 1.807) is 11.8 Å². The molecule has 0 spiro atoms. The van der Waals surface area contributed by atoms with E-state index in [1.807, 2.05) is 14.1 Å². The number of nitrogens with zero attached hydrogens (tertiary/aromatic N) is 1. The van der Waals surface area contributed by atoms with Crippen LogP contribution in [0.4, 0.5) is 0 Å². The van der Waals surface area contributed by atoms with Crippen molar-refractivity contribution in [2.45, 2.75) is 0 Å². The number of quaternary nitrogens is 1. The molecule has 0 radical (unpaired) electrons. The molecule has 0 aromatic carbocycles. The van der Waals surface area contributed by atoms with Crippen molar-refractivity contribution in [1.82, 2.24) is 0 Å². The highest BCUT2D eigenvalue weighted by atomic mass is 32.2. The summed E-state index contributed by atoms with van der Waals surface area (Å²) in [6.45, 7) is 0.990. The first-order valence-electron chi connectivity index (χ1n) is 3.07. The van der Waals surface area contributed by atoms with Gasteiger partial charge in [-0.25, -0.2) is 4.79 Å². The average Bonchev–Trinajstić information content (AvgIpc) is 1.77. The molecule has 2 nitrogen and oxygen atoms in total. The second-order valence-electron chi connectivity index (χ2n) is 2.85. The van der Waals surface area contributed by atoms with Gasteiger partial charge in [-0.3, -0.25) is 4.48 Å². The number of thioether (sulfide) groups is 1. The van der Waals surface area contributed by atoms with Crippen LogP contribution in [0.1, 0.15) is 0 Å². The molecule has 0 bridgehead atoms. The van der Waals surface area contributed by atoms with Gasteiger partial charge in [-0.1, -0.05) is 0 Å². The van der Waals surface area contributed by atoms with Crippen LogP contribution in [0.5, 0.6) is 0 Å². The molecule has 1 heterocycles. The zero-order chi connectivity index (χ0) is 6.91. The van der Waals surface area contributed by atoms with Gasteiger partial charge in [-0.2, -0.15) is 0 Å². The number of rotatable bonds is 0. The maximum Gasteiger partial charge on any atom is 0.323 e. The summed E-state index contributed by atoms with van der Waals surface area (Å²) in [4.78, 5) is 11.1. The van der Waals surface area contributed by atoms with E-state index < -0.39 is 0 Å². The van der Waals surface area contributed by atoms with Crippen molar-refractivity contribution in [3.63, 3.8) is 0 Å².